The number of carbonyl (C=O) groups excluding carboxylic acids is 2. The van der Waals surface area contributed by atoms with Gasteiger partial charge < -0.3 is 4.90 Å². The molecule has 30 heavy (non-hydrogen) atoms. The standard InChI is InChI=1S/C23H24N4O2S/c28-22-17-7-1-2-8-18(17)23(29)27(22)12-6-5-11-25-13-15-26(16-14-25)21-19-9-3-4-10-20(19)30-24-21/h1-4,7-10H,5-6,11-16H2/i21+2. The summed E-state index contributed by atoms with van der Waals surface area (Å²) in [5.41, 5.74) is 1.07. The lowest BCUT2D eigenvalue weighted by Crippen LogP contribution is -2.46. The van der Waals surface area contributed by atoms with E-state index in [2.05, 4.69) is 38.4 Å². The average Bonchev–Trinajstić information content (AvgIpc) is 3.32. The smallest absolute Gasteiger partial charge is 0.261 e. The molecule has 1 aromatic heterocycles. The lowest BCUT2D eigenvalue weighted by molar-refractivity contribution is 0.0650. The van der Waals surface area contributed by atoms with Gasteiger partial charge in [0.25, 0.3) is 11.8 Å². The largest absolute Gasteiger partial charge is 0.353 e. The number of fused-ring (bicyclic) bond motifs is 2. The number of amides is 2. The Labute approximate surface area is 179 Å². The summed E-state index contributed by atoms with van der Waals surface area (Å²) < 4.78 is 5.91. The Morgan fingerprint density at radius 2 is 1.47 bits per heavy atom. The molecule has 154 valence electrons. The molecule has 7 heteroatoms. The highest BCUT2D eigenvalue weighted by Crippen LogP contribution is 2.30. The van der Waals surface area contributed by atoms with Crippen molar-refractivity contribution < 1.29 is 9.59 Å². The van der Waals surface area contributed by atoms with Crippen molar-refractivity contribution in [2.45, 2.75) is 12.8 Å². The van der Waals surface area contributed by atoms with Crippen LogP contribution in [0, 0.1) is 0 Å². The molecule has 0 unspecified atom stereocenters. The molecule has 3 heterocycles. The summed E-state index contributed by atoms with van der Waals surface area (Å²) in [6, 6.07) is 15.5. The van der Waals surface area contributed by atoms with Gasteiger partial charge in [0, 0.05) is 38.1 Å². The lowest BCUT2D eigenvalue weighted by atomic mass is 10.1. The number of imide groups is 1. The second kappa shape index (κ2) is 8.16. The highest BCUT2D eigenvalue weighted by atomic mass is 32.1. The van der Waals surface area contributed by atoms with Crippen LogP contribution in [0.4, 0.5) is 5.82 Å². The van der Waals surface area contributed by atoms with E-state index in [1.165, 1.54) is 15.0 Å². The van der Waals surface area contributed by atoms with E-state index >= 15 is 0 Å². The summed E-state index contributed by atoms with van der Waals surface area (Å²) in [4.78, 5) is 31.1. The molecule has 1 fully saturated rings. The number of anilines is 1. The van der Waals surface area contributed by atoms with Crippen molar-refractivity contribution in [2.24, 2.45) is 0 Å². The van der Waals surface area contributed by atoms with Crippen LogP contribution in [0.25, 0.3) is 10.1 Å². The molecule has 2 aromatic carbocycles. The molecule has 0 bridgehead atoms. The summed E-state index contributed by atoms with van der Waals surface area (Å²) in [6.07, 6.45) is 1.81. The Balaban J connectivity index is 1.08. The van der Waals surface area contributed by atoms with E-state index in [9.17, 15) is 9.59 Å². The number of carbonyl (C=O) groups is 2. The second-order valence-corrected chi connectivity index (χ2v) is 8.65. The number of unbranched alkanes of at least 4 members (excludes halogenated alkanes) is 1. The average molecular weight is 423 g/mol. The molecule has 6 nitrogen and oxygen atoms in total. The van der Waals surface area contributed by atoms with E-state index in [-0.39, 0.29) is 11.8 Å². The van der Waals surface area contributed by atoms with Gasteiger partial charge in [-0.15, -0.1) is 0 Å². The minimum absolute atomic E-state index is 0.153. The van der Waals surface area contributed by atoms with Crippen LogP contribution in [0.5, 0.6) is 0 Å². The molecule has 1 saturated heterocycles. The fraction of sp³-hybridized carbons (Fsp3) is 0.348. The monoisotopic (exact) mass is 422 g/mol. The maximum Gasteiger partial charge on any atom is 0.261 e. The van der Waals surface area contributed by atoms with Gasteiger partial charge in [-0.25, -0.2) is 0 Å². The van der Waals surface area contributed by atoms with Gasteiger partial charge in [-0.05, 0) is 55.2 Å². The first-order valence-corrected chi connectivity index (χ1v) is 11.3. The first-order valence-electron chi connectivity index (χ1n) is 10.5. The predicted molar refractivity (Wildman–Crippen MR) is 119 cm³/mol. The van der Waals surface area contributed by atoms with E-state index < -0.39 is 0 Å². The summed E-state index contributed by atoms with van der Waals surface area (Å²) in [5.74, 6) is 0.806. The SMILES string of the molecule is O=C1c2ccccc2C(=O)N1CCCCN1CCN([14c]2nsc3ccccc32)CC1. The number of hydrogen-bond acceptors (Lipinski definition) is 6. The van der Waals surface area contributed by atoms with Gasteiger partial charge in [0.05, 0.1) is 15.8 Å². The number of nitrogens with zero attached hydrogens (tertiary/aromatic N) is 4. The molecule has 5 rings (SSSR count). The fourth-order valence-electron chi connectivity index (χ4n) is 4.33. The fourth-order valence-corrected chi connectivity index (χ4v) is 5.13. The van der Waals surface area contributed by atoms with E-state index in [4.69, 9.17) is 0 Å². The van der Waals surface area contributed by atoms with Crippen molar-refractivity contribution in [3.05, 3.63) is 59.7 Å². The minimum Gasteiger partial charge on any atom is -0.353 e. The third-order valence-electron chi connectivity index (χ3n) is 6.01. The van der Waals surface area contributed by atoms with Crippen LogP contribution in [-0.2, 0) is 0 Å². The number of hydrogen-bond donors (Lipinski definition) is 0. The topological polar surface area (TPSA) is 56.8 Å². The third kappa shape index (κ3) is 3.48. The second-order valence-electron chi connectivity index (χ2n) is 7.85. The van der Waals surface area contributed by atoms with Crippen LogP contribution in [0.3, 0.4) is 0 Å². The zero-order valence-corrected chi connectivity index (χ0v) is 17.6. The third-order valence-corrected chi connectivity index (χ3v) is 6.83. The molecule has 0 atom stereocenters. The van der Waals surface area contributed by atoms with E-state index in [1.54, 1.807) is 23.7 Å². The first kappa shape index (κ1) is 19.2. The maximum atomic E-state index is 12.4. The molecule has 2 aliphatic rings. The van der Waals surface area contributed by atoms with Crippen LogP contribution in [0.15, 0.2) is 48.5 Å². The van der Waals surface area contributed by atoms with Gasteiger partial charge in [-0.2, -0.15) is 4.37 Å². The van der Waals surface area contributed by atoms with Crippen molar-refractivity contribution >= 4 is 39.3 Å². The van der Waals surface area contributed by atoms with Crippen LogP contribution in [0.2, 0.25) is 0 Å². The van der Waals surface area contributed by atoms with Gasteiger partial charge in [-0.3, -0.25) is 19.4 Å². The number of benzene rings is 2. The number of piperazine rings is 1. The summed E-state index contributed by atoms with van der Waals surface area (Å²) in [7, 11) is 0. The first-order chi connectivity index (χ1) is 14.7. The molecular formula is C23H24N4O2S. The Hall–Kier alpha value is -2.77. The summed E-state index contributed by atoms with van der Waals surface area (Å²) >= 11 is 1.57. The molecule has 0 spiro atoms. The van der Waals surface area contributed by atoms with E-state index in [0.717, 1.165) is 51.4 Å². The molecule has 0 aliphatic carbocycles. The van der Waals surface area contributed by atoms with Gasteiger partial charge >= 0.3 is 0 Å². The lowest BCUT2D eigenvalue weighted by Gasteiger charge is -2.35. The Morgan fingerprint density at radius 1 is 0.833 bits per heavy atom. The van der Waals surface area contributed by atoms with Crippen LogP contribution >= 0.6 is 11.5 Å². The maximum absolute atomic E-state index is 12.4. The Kier molecular flexibility index (Phi) is 5.23. The zero-order valence-electron chi connectivity index (χ0n) is 16.8. The van der Waals surface area contributed by atoms with E-state index in [1.807, 2.05) is 12.1 Å². The van der Waals surface area contributed by atoms with Crippen molar-refractivity contribution in [1.29, 1.82) is 0 Å². The van der Waals surface area contributed by atoms with Crippen LogP contribution < -0.4 is 4.90 Å². The zero-order chi connectivity index (χ0) is 20.5. The van der Waals surface area contributed by atoms with Crippen molar-refractivity contribution in [1.82, 2.24) is 14.2 Å². The molecule has 2 aliphatic heterocycles. The molecular weight excluding hydrogens is 398 g/mol. The molecule has 0 radical (unpaired) electrons. The number of aromatic nitrogens is 1. The number of rotatable bonds is 6. The predicted octanol–water partition coefficient (Wildman–Crippen LogP) is 3.49. The van der Waals surface area contributed by atoms with Crippen LogP contribution in [0.1, 0.15) is 33.6 Å². The van der Waals surface area contributed by atoms with Crippen LogP contribution in [-0.4, -0.2) is 65.3 Å². The van der Waals surface area contributed by atoms with Gasteiger partial charge in [0.15, 0.2) is 0 Å². The van der Waals surface area contributed by atoms with Crippen molar-refractivity contribution in [3.63, 3.8) is 0 Å². The van der Waals surface area contributed by atoms with E-state index in [0.29, 0.717) is 17.7 Å². The summed E-state index contributed by atoms with van der Waals surface area (Å²) in [5, 5.41) is 1.25. The van der Waals surface area contributed by atoms with Crippen molar-refractivity contribution in [2.75, 3.05) is 44.2 Å². The molecule has 0 N–H and O–H groups in total. The molecule has 0 saturated carbocycles. The Morgan fingerprint density at radius 3 is 2.20 bits per heavy atom. The summed E-state index contributed by atoms with van der Waals surface area (Å²) in [6.45, 7) is 5.47. The highest BCUT2D eigenvalue weighted by molar-refractivity contribution is 7.13. The van der Waals surface area contributed by atoms with Gasteiger partial charge in [0.2, 0.25) is 0 Å². The highest BCUT2D eigenvalue weighted by Gasteiger charge is 2.34. The normalized spacial score (nSPS) is 17.2. The minimum atomic E-state index is -0.153. The van der Waals surface area contributed by atoms with Gasteiger partial charge in [-0.1, -0.05) is 24.3 Å². The van der Waals surface area contributed by atoms with Gasteiger partial charge in [0.1, 0.15) is 5.82 Å². The molecule has 3 aromatic rings. The quantitative estimate of drug-likeness (QED) is 0.450. The molecule has 2 amide bonds. The van der Waals surface area contributed by atoms with Crippen molar-refractivity contribution in [3.8, 4) is 0 Å². The Bertz CT molecular complexity index is 1050.